The van der Waals surface area contributed by atoms with Crippen molar-refractivity contribution in [1.29, 1.82) is 0 Å². The maximum absolute atomic E-state index is 14.2. The van der Waals surface area contributed by atoms with Crippen molar-refractivity contribution in [3.8, 4) is 22.6 Å². The first-order valence-corrected chi connectivity index (χ1v) is 21.9. The smallest absolute Gasteiger partial charge is 0.338 e. The van der Waals surface area contributed by atoms with E-state index in [2.05, 4.69) is 33.3 Å². The van der Waals surface area contributed by atoms with Crippen LogP contribution < -0.4 is 47.6 Å². The number of ether oxygens (including phenoxy) is 3. The molecule has 0 saturated carbocycles. The minimum absolute atomic E-state index is 0.0213. The number of carbonyl (C=O) groups excluding carboxylic acids is 4. The van der Waals surface area contributed by atoms with Gasteiger partial charge in [0.05, 0.1) is 13.1 Å². The molecule has 0 saturated heterocycles. The van der Waals surface area contributed by atoms with Crippen LogP contribution in [0.3, 0.4) is 0 Å². The predicted molar refractivity (Wildman–Crippen MR) is 250 cm³/mol. The predicted octanol–water partition coefficient (Wildman–Crippen LogP) is 3.39. The Morgan fingerprint density at radius 1 is 0.703 bits per heavy atom. The molecule has 14 nitrogen and oxygen atoms in total. The molecule has 0 aromatic heterocycles. The molecular formula is C50H63N7O7+2. The van der Waals surface area contributed by atoms with Crippen molar-refractivity contribution in [2.75, 3.05) is 26.3 Å². The molecular weight excluding hydrogens is 811 g/mol. The highest BCUT2D eigenvalue weighted by atomic mass is 16.5. The van der Waals surface area contributed by atoms with Gasteiger partial charge in [-0.25, -0.2) is 4.79 Å². The van der Waals surface area contributed by atoms with E-state index in [4.69, 9.17) is 25.7 Å². The molecule has 0 heterocycles. The Hall–Kier alpha value is -6.93. The van der Waals surface area contributed by atoms with E-state index < -0.39 is 48.4 Å². The van der Waals surface area contributed by atoms with Crippen LogP contribution in [0.4, 0.5) is 0 Å². The van der Waals surface area contributed by atoms with Gasteiger partial charge in [-0.05, 0) is 83.7 Å². The monoisotopic (exact) mass is 873 g/mol. The summed E-state index contributed by atoms with van der Waals surface area (Å²) in [5, 5.41) is 12.4. The maximum atomic E-state index is 14.2. The number of hydrogen-bond donors (Lipinski definition) is 7. The van der Waals surface area contributed by atoms with E-state index in [1.807, 2.05) is 117 Å². The normalized spacial score (nSPS) is 12.4. The zero-order valence-electron chi connectivity index (χ0n) is 36.9. The molecule has 5 aromatic carbocycles. The molecule has 0 aliphatic rings. The number of amides is 3. The lowest BCUT2D eigenvalue weighted by molar-refractivity contribution is -0.459. The molecule has 64 heavy (non-hydrogen) atoms. The summed E-state index contributed by atoms with van der Waals surface area (Å²) in [7, 11) is 0. The summed E-state index contributed by atoms with van der Waals surface area (Å²) >= 11 is 0. The summed E-state index contributed by atoms with van der Waals surface area (Å²) in [5.41, 5.74) is 17.5. The van der Waals surface area contributed by atoms with Crippen LogP contribution >= 0.6 is 0 Å². The van der Waals surface area contributed by atoms with E-state index in [9.17, 15) is 19.2 Å². The van der Waals surface area contributed by atoms with Gasteiger partial charge in [-0.15, -0.1) is 0 Å². The third kappa shape index (κ3) is 14.0. The summed E-state index contributed by atoms with van der Waals surface area (Å²) < 4.78 is 18.2. The average Bonchev–Trinajstić information content (AvgIpc) is 3.29. The van der Waals surface area contributed by atoms with Crippen LogP contribution in [0.5, 0.6) is 11.5 Å². The summed E-state index contributed by atoms with van der Waals surface area (Å²) in [6, 6.07) is 29.8. The number of hydrogen-bond acceptors (Lipinski definition) is 7. The quantitative estimate of drug-likeness (QED) is 0.0150. The summed E-state index contributed by atoms with van der Waals surface area (Å²) in [6.45, 7) is 8.59. The molecule has 0 unspecified atom stereocenters. The molecule has 5 rings (SSSR count). The number of nitrogens with two attached hydrogens (primary N) is 2. The van der Waals surface area contributed by atoms with Crippen molar-refractivity contribution in [3.63, 3.8) is 0 Å². The highest BCUT2D eigenvalue weighted by Crippen LogP contribution is 2.45. The Morgan fingerprint density at radius 3 is 1.86 bits per heavy atom. The van der Waals surface area contributed by atoms with Gasteiger partial charge in [0, 0.05) is 11.1 Å². The Bertz CT molecular complexity index is 2380. The fraction of sp³-hybridized carbons (Fsp3) is 0.340. The third-order valence-electron chi connectivity index (χ3n) is 10.6. The number of guanidine groups is 1. The van der Waals surface area contributed by atoms with Crippen molar-refractivity contribution >= 4 is 51.2 Å². The molecule has 5 aromatic rings. The molecule has 0 aliphatic heterocycles. The highest BCUT2D eigenvalue weighted by Gasteiger charge is 2.31. The lowest BCUT2D eigenvalue weighted by Gasteiger charge is -2.26. The SMILES string of the molecule is C=CCOc1ccc2ccccc2c1-c1c(OCC(=O)N[C@H](CCCC[NH3+])C(=O)N[C@H](CCC[NH+]=C(N)N)C(=O)N[C@@H](CC(C)C)C(=O)OCc2ccccc2)ccc2ccccc12. The van der Waals surface area contributed by atoms with E-state index in [1.165, 1.54) is 0 Å². The summed E-state index contributed by atoms with van der Waals surface area (Å²) in [4.78, 5) is 58.2. The lowest BCUT2D eigenvalue weighted by atomic mass is 9.92. The van der Waals surface area contributed by atoms with Gasteiger partial charge in [-0.2, -0.15) is 0 Å². The van der Waals surface area contributed by atoms with Gasteiger partial charge < -0.3 is 35.9 Å². The standard InChI is InChI=1S/C50H61N7O7/c1-4-29-62-42-25-23-35-17-8-10-19-37(35)45(42)46-38-20-11-9-18-36(38)24-26-43(46)63-32-44(58)55-39(21-12-13-27-51)47(59)56-40(22-14-28-54-50(52)53)48(60)57-41(30-33(2)3)49(61)64-31-34-15-6-5-7-16-34/h4-11,15-20,23-26,33,39-41H,1,12-14,21-22,27-32,51H2,2-3H3,(H,55,58)(H,56,59)(H,57,60)(H4,52,53,54)/p+2/t39-,40-,41+/m1/s1. The number of rotatable bonds is 25. The zero-order valence-corrected chi connectivity index (χ0v) is 36.9. The van der Waals surface area contributed by atoms with E-state index in [0.717, 1.165) is 38.2 Å². The minimum Gasteiger partial charge on any atom is -0.489 e. The first-order chi connectivity index (χ1) is 31.0. The van der Waals surface area contributed by atoms with Gasteiger partial charge in [0.15, 0.2) is 6.61 Å². The molecule has 11 N–H and O–H groups in total. The van der Waals surface area contributed by atoms with Crippen molar-refractivity contribution < 1.29 is 44.1 Å². The molecule has 0 bridgehead atoms. The molecule has 0 radical (unpaired) electrons. The van der Waals surface area contributed by atoms with Crippen LogP contribution in [0.2, 0.25) is 0 Å². The molecule has 0 aliphatic carbocycles. The Labute approximate surface area is 375 Å². The van der Waals surface area contributed by atoms with E-state index in [0.29, 0.717) is 50.3 Å². The number of carbonyl (C=O) groups is 4. The molecule has 3 amide bonds. The van der Waals surface area contributed by atoms with Crippen molar-refractivity contribution in [2.24, 2.45) is 17.4 Å². The van der Waals surface area contributed by atoms with E-state index in [1.54, 1.807) is 6.08 Å². The van der Waals surface area contributed by atoms with Gasteiger partial charge >= 0.3 is 11.9 Å². The third-order valence-corrected chi connectivity index (χ3v) is 10.6. The fourth-order valence-corrected chi connectivity index (χ4v) is 7.45. The van der Waals surface area contributed by atoms with Crippen molar-refractivity contribution in [2.45, 2.75) is 77.1 Å². The van der Waals surface area contributed by atoms with Crippen LogP contribution in [0.15, 0.2) is 116 Å². The van der Waals surface area contributed by atoms with Crippen molar-refractivity contribution in [1.82, 2.24) is 16.0 Å². The van der Waals surface area contributed by atoms with Crippen LogP contribution in [0.1, 0.15) is 57.9 Å². The van der Waals surface area contributed by atoms with Crippen LogP contribution in [0, 0.1) is 5.92 Å². The number of esters is 1. The number of fused-ring (bicyclic) bond motifs is 2. The number of nitrogens with one attached hydrogen (secondary N) is 4. The van der Waals surface area contributed by atoms with E-state index >= 15 is 0 Å². The maximum Gasteiger partial charge on any atom is 0.338 e. The summed E-state index contributed by atoms with van der Waals surface area (Å²) in [6.07, 6.45) is 4.14. The minimum atomic E-state index is -1.08. The topological polar surface area (TPSA) is 226 Å². The second-order valence-corrected chi connectivity index (χ2v) is 16.0. The largest absolute Gasteiger partial charge is 0.489 e. The number of unbranched alkanes of at least 4 members (excludes halogenated alkanes) is 1. The van der Waals surface area contributed by atoms with Crippen LogP contribution in [-0.4, -0.2) is 74.1 Å². The number of quaternary nitrogens is 1. The second-order valence-electron chi connectivity index (χ2n) is 16.0. The van der Waals surface area contributed by atoms with Crippen LogP contribution in [0.25, 0.3) is 32.7 Å². The highest BCUT2D eigenvalue weighted by molar-refractivity contribution is 6.10. The second kappa shape index (κ2) is 24.6. The van der Waals surface area contributed by atoms with Gasteiger partial charge in [-0.3, -0.25) is 30.8 Å². The first-order valence-electron chi connectivity index (χ1n) is 21.9. The molecule has 14 heteroatoms. The lowest BCUT2D eigenvalue weighted by Crippen LogP contribution is -2.78. The fourth-order valence-electron chi connectivity index (χ4n) is 7.45. The zero-order chi connectivity index (χ0) is 45.8. The Balaban J connectivity index is 1.37. The van der Waals surface area contributed by atoms with Gasteiger partial charge in [-0.1, -0.05) is 117 Å². The summed E-state index contributed by atoms with van der Waals surface area (Å²) in [5.74, 6) is -1.11. The van der Waals surface area contributed by atoms with Crippen LogP contribution in [-0.2, 0) is 30.5 Å². The molecule has 3 atom stereocenters. The Morgan fingerprint density at radius 2 is 1.27 bits per heavy atom. The Kier molecular flexibility index (Phi) is 18.5. The number of benzene rings is 5. The van der Waals surface area contributed by atoms with Gasteiger partial charge in [0.2, 0.25) is 11.8 Å². The molecule has 0 fully saturated rings. The van der Waals surface area contributed by atoms with Crippen molar-refractivity contribution in [3.05, 3.63) is 121 Å². The average molecular weight is 874 g/mol. The van der Waals surface area contributed by atoms with E-state index in [-0.39, 0.29) is 37.9 Å². The molecule has 338 valence electrons. The van der Waals surface area contributed by atoms with Gasteiger partial charge in [0.25, 0.3) is 5.91 Å². The molecule has 0 spiro atoms. The first kappa shape index (κ1) is 48.1. The van der Waals surface area contributed by atoms with Gasteiger partial charge in [0.1, 0.15) is 42.8 Å².